The molecule has 1 heterocycles. The van der Waals surface area contributed by atoms with Gasteiger partial charge in [-0.25, -0.2) is 9.59 Å². The molecule has 0 saturated carbocycles. The highest BCUT2D eigenvalue weighted by atomic mass is 32.2. The molecule has 0 aromatic rings. The Bertz CT molecular complexity index is 358. The van der Waals surface area contributed by atoms with Crippen LogP contribution >= 0.6 is 11.8 Å². The van der Waals surface area contributed by atoms with Gasteiger partial charge in [-0.3, -0.25) is 4.90 Å². The predicted molar refractivity (Wildman–Crippen MR) is 81.9 cm³/mol. The van der Waals surface area contributed by atoms with Gasteiger partial charge in [-0.05, 0) is 18.8 Å². The number of thioether (sulfide) groups is 1. The Labute approximate surface area is 125 Å². The highest BCUT2D eigenvalue weighted by molar-refractivity contribution is 8.00. The van der Waals surface area contributed by atoms with Crippen LogP contribution < -0.4 is 0 Å². The van der Waals surface area contributed by atoms with E-state index in [1.54, 1.807) is 28.6 Å². The molecule has 0 aromatic heterocycles. The van der Waals surface area contributed by atoms with Gasteiger partial charge in [0.25, 0.3) is 0 Å². The van der Waals surface area contributed by atoms with Crippen LogP contribution in [0.2, 0.25) is 0 Å². The summed E-state index contributed by atoms with van der Waals surface area (Å²) in [6, 6.07) is -0.707. The molecule has 0 aromatic carbocycles. The topological polar surface area (TPSA) is 60.9 Å². The molecule has 0 aliphatic carbocycles. The van der Waals surface area contributed by atoms with Crippen LogP contribution in [-0.4, -0.2) is 57.2 Å². The van der Waals surface area contributed by atoms with Crippen molar-refractivity contribution in [3.8, 4) is 0 Å². The molecule has 0 bridgehead atoms. The Morgan fingerprint density at radius 1 is 1.35 bits per heavy atom. The Hall–Kier alpha value is -0.910. The maximum Gasteiger partial charge on any atom is 0.327 e. The second kappa shape index (κ2) is 7.20. The van der Waals surface area contributed by atoms with Crippen LogP contribution in [0, 0.1) is 5.92 Å². The van der Waals surface area contributed by atoms with Crippen LogP contribution in [0.3, 0.4) is 0 Å². The van der Waals surface area contributed by atoms with Gasteiger partial charge in [0.05, 0.1) is 5.37 Å². The number of urea groups is 1. The van der Waals surface area contributed by atoms with Crippen LogP contribution in [0.4, 0.5) is 4.79 Å². The summed E-state index contributed by atoms with van der Waals surface area (Å²) in [5, 5.41) is 9.29. The van der Waals surface area contributed by atoms with Crippen molar-refractivity contribution in [1.82, 2.24) is 9.80 Å². The minimum Gasteiger partial charge on any atom is -0.480 e. The van der Waals surface area contributed by atoms with Gasteiger partial charge >= 0.3 is 12.0 Å². The Morgan fingerprint density at radius 3 is 2.30 bits per heavy atom. The summed E-state index contributed by atoms with van der Waals surface area (Å²) in [6.45, 7) is 8.15. The van der Waals surface area contributed by atoms with Gasteiger partial charge in [0.15, 0.2) is 0 Å². The summed E-state index contributed by atoms with van der Waals surface area (Å²) in [5.41, 5.74) is 0. The Balaban J connectivity index is 2.97. The van der Waals surface area contributed by atoms with E-state index in [0.29, 0.717) is 5.75 Å². The SMILES string of the molecule is CCC(CC)N(C)C(=O)N1C(C(=O)O)CSC1C(C)C. The number of carbonyl (C=O) groups excluding carboxylic acids is 1. The van der Waals surface area contributed by atoms with E-state index in [4.69, 9.17) is 0 Å². The van der Waals surface area contributed by atoms with Gasteiger partial charge in [-0.1, -0.05) is 27.7 Å². The highest BCUT2D eigenvalue weighted by Gasteiger charge is 2.44. The monoisotopic (exact) mass is 302 g/mol. The lowest BCUT2D eigenvalue weighted by molar-refractivity contribution is -0.141. The molecule has 6 heteroatoms. The lowest BCUT2D eigenvalue weighted by Crippen LogP contribution is -2.53. The minimum atomic E-state index is -0.910. The fraction of sp³-hybridized carbons (Fsp3) is 0.857. The minimum absolute atomic E-state index is 0.0552. The van der Waals surface area contributed by atoms with Crippen molar-refractivity contribution in [3.05, 3.63) is 0 Å². The summed E-state index contributed by atoms with van der Waals surface area (Å²) in [7, 11) is 1.78. The van der Waals surface area contributed by atoms with E-state index in [1.807, 2.05) is 27.7 Å². The van der Waals surface area contributed by atoms with Gasteiger partial charge in [0.1, 0.15) is 6.04 Å². The zero-order chi connectivity index (χ0) is 15.4. The molecule has 1 aliphatic rings. The average Bonchev–Trinajstić information content (AvgIpc) is 2.83. The van der Waals surface area contributed by atoms with E-state index >= 15 is 0 Å². The fourth-order valence-electron chi connectivity index (χ4n) is 2.65. The number of hydrogen-bond donors (Lipinski definition) is 1. The quantitative estimate of drug-likeness (QED) is 0.848. The number of nitrogens with zero attached hydrogens (tertiary/aromatic N) is 2. The molecule has 1 fully saturated rings. The summed E-state index contributed by atoms with van der Waals surface area (Å²) in [5.74, 6) is -0.198. The third-order valence-corrected chi connectivity index (χ3v) is 5.52. The predicted octanol–water partition coefficient (Wildman–Crippen LogP) is 2.71. The molecule has 116 valence electrons. The van der Waals surface area contributed by atoms with Crippen LogP contribution in [0.1, 0.15) is 40.5 Å². The van der Waals surface area contributed by atoms with Crippen molar-refractivity contribution >= 4 is 23.8 Å². The molecule has 1 rings (SSSR count). The first kappa shape index (κ1) is 17.1. The first-order chi connectivity index (χ1) is 9.34. The van der Waals surface area contributed by atoms with E-state index in [0.717, 1.165) is 12.8 Å². The van der Waals surface area contributed by atoms with E-state index in [1.165, 1.54) is 0 Å². The molecular weight excluding hydrogens is 276 g/mol. The molecule has 0 radical (unpaired) electrons. The summed E-state index contributed by atoms with van der Waals surface area (Å²) in [6.07, 6.45) is 1.76. The lowest BCUT2D eigenvalue weighted by Gasteiger charge is -2.36. The average molecular weight is 302 g/mol. The number of aliphatic carboxylic acids is 1. The summed E-state index contributed by atoms with van der Waals surface area (Å²) >= 11 is 1.57. The molecule has 1 N–H and O–H groups in total. The van der Waals surface area contributed by atoms with E-state index in [2.05, 4.69) is 0 Å². The number of rotatable bonds is 5. The normalized spacial score (nSPS) is 22.6. The molecule has 2 atom stereocenters. The van der Waals surface area contributed by atoms with E-state index in [-0.39, 0.29) is 23.4 Å². The first-order valence-corrected chi connectivity index (χ1v) is 8.29. The van der Waals surface area contributed by atoms with Crippen molar-refractivity contribution in [2.45, 2.75) is 58.0 Å². The standard InChI is InChI=1S/C14H26N2O3S/c1-6-10(7-2)15(5)14(19)16-11(13(17)18)8-20-12(16)9(3)4/h9-12H,6-8H2,1-5H3,(H,17,18). The van der Waals surface area contributed by atoms with Gasteiger partial charge in [0.2, 0.25) is 0 Å². The Morgan fingerprint density at radius 2 is 1.90 bits per heavy atom. The maximum atomic E-state index is 12.7. The fourth-order valence-corrected chi connectivity index (χ4v) is 4.11. The molecule has 2 unspecified atom stereocenters. The summed E-state index contributed by atoms with van der Waals surface area (Å²) < 4.78 is 0. The largest absolute Gasteiger partial charge is 0.480 e. The lowest BCUT2D eigenvalue weighted by atomic mass is 10.1. The number of amides is 2. The number of carboxylic acid groups (broad SMARTS) is 1. The molecule has 1 aliphatic heterocycles. The second-order valence-electron chi connectivity index (χ2n) is 5.59. The van der Waals surface area contributed by atoms with Crippen molar-refractivity contribution in [3.63, 3.8) is 0 Å². The van der Waals surface area contributed by atoms with Gasteiger partial charge in [0, 0.05) is 18.8 Å². The van der Waals surface area contributed by atoms with E-state index < -0.39 is 12.0 Å². The highest BCUT2D eigenvalue weighted by Crippen LogP contribution is 2.35. The zero-order valence-corrected chi connectivity index (χ0v) is 13.8. The summed E-state index contributed by atoms with van der Waals surface area (Å²) in [4.78, 5) is 27.4. The van der Waals surface area contributed by atoms with Gasteiger partial charge in [-0.15, -0.1) is 11.8 Å². The molecule has 2 amide bonds. The smallest absolute Gasteiger partial charge is 0.327 e. The van der Waals surface area contributed by atoms with Gasteiger partial charge < -0.3 is 10.0 Å². The Kier molecular flexibility index (Phi) is 6.17. The molecule has 0 spiro atoms. The number of hydrogen-bond acceptors (Lipinski definition) is 3. The molecule has 1 saturated heterocycles. The van der Waals surface area contributed by atoms with Crippen molar-refractivity contribution in [1.29, 1.82) is 0 Å². The third-order valence-electron chi connectivity index (χ3n) is 3.90. The van der Waals surface area contributed by atoms with Crippen molar-refractivity contribution < 1.29 is 14.7 Å². The third kappa shape index (κ3) is 3.40. The number of carbonyl (C=O) groups is 2. The van der Waals surface area contributed by atoms with Crippen LogP contribution in [0.15, 0.2) is 0 Å². The first-order valence-electron chi connectivity index (χ1n) is 7.24. The van der Waals surface area contributed by atoms with Crippen molar-refractivity contribution in [2.75, 3.05) is 12.8 Å². The van der Waals surface area contributed by atoms with Gasteiger partial charge in [-0.2, -0.15) is 0 Å². The molecular formula is C14H26N2O3S. The molecule has 5 nitrogen and oxygen atoms in total. The molecule has 20 heavy (non-hydrogen) atoms. The van der Waals surface area contributed by atoms with E-state index in [9.17, 15) is 14.7 Å². The van der Waals surface area contributed by atoms with Crippen LogP contribution in [0.5, 0.6) is 0 Å². The second-order valence-corrected chi connectivity index (χ2v) is 6.74. The van der Waals surface area contributed by atoms with Crippen molar-refractivity contribution in [2.24, 2.45) is 5.92 Å². The number of carboxylic acids is 1. The van der Waals surface area contributed by atoms with Crippen LogP contribution in [0.25, 0.3) is 0 Å². The zero-order valence-electron chi connectivity index (χ0n) is 13.0. The van der Waals surface area contributed by atoms with Crippen LogP contribution in [-0.2, 0) is 4.79 Å². The maximum absolute atomic E-state index is 12.7.